The summed E-state index contributed by atoms with van der Waals surface area (Å²) in [5.74, 6) is -1.57. The molecule has 1 aromatic carbocycles. The summed E-state index contributed by atoms with van der Waals surface area (Å²) in [5, 5.41) is 2.59. The van der Waals surface area contributed by atoms with Crippen LogP contribution in [-0.4, -0.2) is 39.0 Å². The zero-order chi connectivity index (χ0) is 18.3. The molecule has 1 atom stereocenters. The molecule has 0 aliphatic heterocycles. The summed E-state index contributed by atoms with van der Waals surface area (Å²) < 4.78 is 31.9. The molecule has 0 fully saturated rings. The van der Waals surface area contributed by atoms with Crippen LogP contribution in [0.4, 0.5) is 0 Å². The topological polar surface area (TPSA) is 102 Å². The lowest BCUT2D eigenvalue weighted by atomic mass is 10.1. The van der Waals surface area contributed by atoms with Gasteiger partial charge in [0.25, 0.3) is 5.91 Å². The number of amides is 1. The number of hydrogen-bond acceptors (Lipinski definition) is 5. The van der Waals surface area contributed by atoms with Gasteiger partial charge in [-0.05, 0) is 31.9 Å². The van der Waals surface area contributed by atoms with Crippen molar-refractivity contribution in [3.05, 3.63) is 30.3 Å². The van der Waals surface area contributed by atoms with E-state index in [0.717, 1.165) is 0 Å². The van der Waals surface area contributed by atoms with Gasteiger partial charge in [-0.1, -0.05) is 32.0 Å². The van der Waals surface area contributed by atoms with Gasteiger partial charge in [0.1, 0.15) is 6.04 Å². The van der Waals surface area contributed by atoms with Crippen LogP contribution in [0.25, 0.3) is 0 Å². The van der Waals surface area contributed by atoms with E-state index in [0.29, 0.717) is 0 Å². The molecule has 0 unspecified atom stereocenters. The minimum absolute atomic E-state index is 0.0565. The molecule has 1 amide bonds. The molecule has 0 aromatic heterocycles. The van der Waals surface area contributed by atoms with Crippen molar-refractivity contribution in [3.63, 3.8) is 0 Å². The molecule has 0 aliphatic rings. The van der Waals surface area contributed by atoms with Gasteiger partial charge in [-0.3, -0.25) is 9.59 Å². The highest BCUT2D eigenvalue weighted by molar-refractivity contribution is 7.89. The molecule has 0 radical (unpaired) electrons. The van der Waals surface area contributed by atoms with Crippen molar-refractivity contribution in [1.29, 1.82) is 0 Å². The summed E-state index contributed by atoms with van der Waals surface area (Å²) in [6.45, 7) is 6.49. The number of esters is 1. The fourth-order valence-electron chi connectivity index (χ4n) is 1.88. The van der Waals surface area contributed by atoms with Crippen molar-refractivity contribution in [3.8, 4) is 0 Å². The number of carbonyl (C=O) groups excluding carboxylic acids is 2. The minimum atomic E-state index is -3.86. The zero-order valence-electron chi connectivity index (χ0n) is 14.3. The molecule has 0 saturated heterocycles. The third kappa shape index (κ3) is 6.29. The molecule has 1 rings (SSSR count). The van der Waals surface area contributed by atoms with E-state index >= 15 is 0 Å². The van der Waals surface area contributed by atoms with E-state index < -0.39 is 34.5 Å². The Hall–Kier alpha value is -1.93. The average molecular weight is 356 g/mol. The Morgan fingerprint density at radius 1 is 1.08 bits per heavy atom. The SMILES string of the molecule is CC(C)NC(=O)COC(=O)[C@@H](NS(=O)(=O)c1ccccc1)C(C)C. The second-order valence-electron chi connectivity index (χ2n) is 5.99. The first-order valence-corrected chi connectivity index (χ1v) is 9.15. The highest BCUT2D eigenvalue weighted by Gasteiger charge is 2.30. The molecule has 24 heavy (non-hydrogen) atoms. The predicted molar refractivity (Wildman–Crippen MR) is 89.6 cm³/mol. The van der Waals surface area contributed by atoms with Crippen molar-refractivity contribution in [2.75, 3.05) is 6.61 Å². The molecule has 2 N–H and O–H groups in total. The normalized spacial score (nSPS) is 12.9. The van der Waals surface area contributed by atoms with Crippen LogP contribution in [0.1, 0.15) is 27.7 Å². The maximum absolute atomic E-state index is 12.3. The second kappa shape index (κ2) is 8.79. The van der Waals surface area contributed by atoms with Gasteiger partial charge >= 0.3 is 5.97 Å². The van der Waals surface area contributed by atoms with Crippen molar-refractivity contribution in [2.45, 2.75) is 44.7 Å². The van der Waals surface area contributed by atoms with Crippen LogP contribution in [0.15, 0.2) is 35.2 Å². The summed E-state index contributed by atoms with van der Waals surface area (Å²) in [6.07, 6.45) is 0. The van der Waals surface area contributed by atoms with Gasteiger partial charge in [-0.15, -0.1) is 0 Å². The summed E-state index contributed by atoms with van der Waals surface area (Å²) in [5.41, 5.74) is 0. The number of nitrogens with one attached hydrogen (secondary N) is 2. The molecular weight excluding hydrogens is 332 g/mol. The molecule has 8 heteroatoms. The largest absolute Gasteiger partial charge is 0.454 e. The summed E-state index contributed by atoms with van der Waals surface area (Å²) in [6, 6.07) is 6.58. The standard InChI is InChI=1S/C16H24N2O5S/c1-11(2)15(16(20)23-10-14(19)17-12(3)4)18-24(21,22)13-8-6-5-7-9-13/h5-9,11-12,15,18H,10H2,1-4H3,(H,17,19)/t15-/m0/s1. The first-order valence-electron chi connectivity index (χ1n) is 7.67. The molecule has 134 valence electrons. The highest BCUT2D eigenvalue weighted by Crippen LogP contribution is 2.12. The van der Waals surface area contributed by atoms with Gasteiger partial charge in [-0.2, -0.15) is 4.72 Å². The van der Waals surface area contributed by atoms with Crippen molar-refractivity contribution >= 4 is 21.9 Å². The number of carbonyl (C=O) groups is 2. The van der Waals surface area contributed by atoms with E-state index in [9.17, 15) is 18.0 Å². The average Bonchev–Trinajstić information content (AvgIpc) is 2.50. The minimum Gasteiger partial charge on any atom is -0.454 e. The third-order valence-corrected chi connectivity index (χ3v) is 4.51. The lowest BCUT2D eigenvalue weighted by Crippen LogP contribution is -2.46. The molecule has 7 nitrogen and oxygen atoms in total. The summed E-state index contributed by atoms with van der Waals surface area (Å²) >= 11 is 0. The fourth-order valence-corrected chi connectivity index (χ4v) is 3.24. The smallest absolute Gasteiger partial charge is 0.324 e. The number of rotatable bonds is 8. The predicted octanol–water partition coefficient (Wildman–Crippen LogP) is 1.06. The molecule has 1 aromatic rings. The molecular formula is C16H24N2O5S. The first kappa shape index (κ1) is 20.1. The maximum Gasteiger partial charge on any atom is 0.324 e. The Kier molecular flexibility index (Phi) is 7.37. The van der Waals surface area contributed by atoms with E-state index in [4.69, 9.17) is 4.74 Å². The van der Waals surface area contributed by atoms with Crippen LogP contribution in [0.5, 0.6) is 0 Å². The fraction of sp³-hybridized carbons (Fsp3) is 0.500. The molecule has 0 saturated carbocycles. The highest BCUT2D eigenvalue weighted by atomic mass is 32.2. The Balaban J connectivity index is 2.77. The molecule has 0 bridgehead atoms. The third-order valence-electron chi connectivity index (χ3n) is 3.05. The van der Waals surface area contributed by atoms with Crippen molar-refractivity contribution in [2.24, 2.45) is 5.92 Å². The Bertz CT molecular complexity index is 656. The van der Waals surface area contributed by atoms with Gasteiger partial charge in [0.05, 0.1) is 4.90 Å². The quantitative estimate of drug-likeness (QED) is 0.678. The number of hydrogen-bond donors (Lipinski definition) is 2. The van der Waals surface area contributed by atoms with Crippen molar-refractivity contribution < 1.29 is 22.7 Å². The number of sulfonamides is 1. The van der Waals surface area contributed by atoms with E-state index in [1.807, 2.05) is 0 Å². The van der Waals surface area contributed by atoms with E-state index in [1.165, 1.54) is 12.1 Å². The summed E-state index contributed by atoms with van der Waals surface area (Å²) in [4.78, 5) is 23.7. The van der Waals surface area contributed by atoms with Gasteiger partial charge in [0, 0.05) is 6.04 Å². The monoisotopic (exact) mass is 356 g/mol. The first-order chi connectivity index (χ1) is 11.1. The summed E-state index contributed by atoms with van der Waals surface area (Å²) in [7, 11) is -3.86. The van der Waals surface area contributed by atoms with Gasteiger partial charge < -0.3 is 10.1 Å². The Morgan fingerprint density at radius 2 is 1.67 bits per heavy atom. The van der Waals surface area contributed by atoms with Crippen LogP contribution in [-0.2, 0) is 24.3 Å². The van der Waals surface area contributed by atoms with Crippen LogP contribution in [0.3, 0.4) is 0 Å². The van der Waals surface area contributed by atoms with Gasteiger partial charge in [0.15, 0.2) is 6.61 Å². The van der Waals surface area contributed by atoms with E-state index in [1.54, 1.807) is 45.9 Å². The zero-order valence-corrected chi connectivity index (χ0v) is 15.1. The second-order valence-corrected chi connectivity index (χ2v) is 7.70. The molecule has 0 aliphatic carbocycles. The maximum atomic E-state index is 12.3. The van der Waals surface area contributed by atoms with E-state index in [-0.39, 0.29) is 16.9 Å². The Labute approximate surface area is 142 Å². The van der Waals surface area contributed by atoms with Crippen molar-refractivity contribution in [1.82, 2.24) is 10.0 Å². The number of benzene rings is 1. The molecule has 0 spiro atoms. The van der Waals surface area contributed by atoms with Gasteiger partial charge in [-0.25, -0.2) is 8.42 Å². The molecule has 0 heterocycles. The van der Waals surface area contributed by atoms with Crippen LogP contribution in [0.2, 0.25) is 0 Å². The number of ether oxygens (including phenoxy) is 1. The van der Waals surface area contributed by atoms with Gasteiger partial charge in [0.2, 0.25) is 10.0 Å². The van der Waals surface area contributed by atoms with E-state index in [2.05, 4.69) is 10.0 Å². The lowest BCUT2D eigenvalue weighted by Gasteiger charge is -2.21. The Morgan fingerprint density at radius 3 is 2.17 bits per heavy atom. The van der Waals surface area contributed by atoms with Crippen LogP contribution < -0.4 is 10.0 Å². The lowest BCUT2D eigenvalue weighted by molar-refractivity contribution is -0.151. The van der Waals surface area contributed by atoms with Crippen LogP contribution in [0, 0.1) is 5.92 Å². The van der Waals surface area contributed by atoms with Crippen LogP contribution >= 0.6 is 0 Å².